The van der Waals surface area contributed by atoms with Gasteiger partial charge in [-0.2, -0.15) is 0 Å². The second-order valence-electron chi connectivity index (χ2n) is 4.30. The van der Waals surface area contributed by atoms with E-state index >= 15 is 0 Å². The topological polar surface area (TPSA) is 32.3 Å². The molecule has 3 nitrogen and oxygen atoms in total. The number of piperidine rings is 1. The van der Waals surface area contributed by atoms with Crippen molar-refractivity contribution in [2.45, 2.75) is 25.3 Å². The number of hydrogen-bond donors (Lipinski definition) is 1. The molecule has 2 heterocycles. The molecule has 94 valence electrons. The standard InChI is InChI=1S/C12H17BrN2OS/c1-14-8-9-4-2-3-6-15(9)12(16)11-10(13)5-7-17-11/h5,7,9,14H,2-4,6,8H2,1H3. The Morgan fingerprint density at radius 1 is 1.65 bits per heavy atom. The fourth-order valence-electron chi connectivity index (χ4n) is 2.29. The van der Waals surface area contributed by atoms with Gasteiger partial charge >= 0.3 is 0 Å². The molecule has 0 aromatic carbocycles. The van der Waals surface area contributed by atoms with Gasteiger partial charge in [-0.15, -0.1) is 11.3 Å². The molecule has 0 radical (unpaired) electrons. The predicted molar refractivity (Wildman–Crippen MR) is 74.6 cm³/mol. The third-order valence-corrected chi connectivity index (χ3v) is 4.96. The average Bonchev–Trinajstić information content (AvgIpc) is 2.76. The number of likely N-dealkylation sites (tertiary alicyclic amines) is 1. The zero-order valence-corrected chi connectivity index (χ0v) is 12.3. The molecule has 1 aliphatic rings. The maximum Gasteiger partial charge on any atom is 0.265 e. The van der Waals surface area contributed by atoms with E-state index < -0.39 is 0 Å². The lowest BCUT2D eigenvalue weighted by atomic mass is 10.0. The molecule has 1 unspecified atom stereocenters. The van der Waals surface area contributed by atoms with Crippen molar-refractivity contribution in [1.82, 2.24) is 10.2 Å². The number of nitrogens with one attached hydrogen (secondary N) is 1. The van der Waals surface area contributed by atoms with E-state index in [4.69, 9.17) is 0 Å². The van der Waals surface area contributed by atoms with Crippen LogP contribution in [-0.4, -0.2) is 37.0 Å². The number of carbonyl (C=O) groups excluding carboxylic acids is 1. The monoisotopic (exact) mass is 316 g/mol. The van der Waals surface area contributed by atoms with Crippen LogP contribution in [-0.2, 0) is 0 Å². The molecule has 1 aliphatic heterocycles. The van der Waals surface area contributed by atoms with E-state index in [-0.39, 0.29) is 5.91 Å². The Morgan fingerprint density at radius 3 is 3.12 bits per heavy atom. The third kappa shape index (κ3) is 2.89. The molecule has 0 aliphatic carbocycles. The van der Waals surface area contributed by atoms with Gasteiger partial charge in [0.1, 0.15) is 4.88 Å². The van der Waals surface area contributed by atoms with Crippen LogP contribution in [0.15, 0.2) is 15.9 Å². The Labute approximate surface area is 114 Å². The first-order valence-corrected chi connectivity index (χ1v) is 7.60. The van der Waals surface area contributed by atoms with Gasteiger partial charge in [0.2, 0.25) is 0 Å². The van der Waals surface area contributed by atoms with E-state index in [0.717, 1.165) is 35.3 Å². The predicted octanol–water partition coefficient (Wildman–Crippen LogP) is 2.72. The highest BCUT2D eigenvalue weighted by Crippen LogP contribution is 2.27. The van der Waals surface area contributed by atoms with E-state index in [1.165, 1.54) is 17.8 Å². The molecule has 1 aromatic heterocycles. The van der Waals surface area contributed by atoms with Crippen molar-refractivity contribution in [3.05, 3.63) is 20.8 Å². The van der Waals surface area contributed by atoms with Crippen LogP contribution in [0.25, 0.3) is 0 Å². The Hall–Kier alpha value is -0.390. The van der Waals surface area contributed by atoms with Gasteiger partial charge < -0.3 is 10.2 Å². The van der Waals surface area contributed by atoms with Crippen LogP contribution in [0.2, 0.25) is 0 Å². The van der Waals surface area contributed by atoms with Crippen LogP contribution in [0.3, 0.4) is 0 Å². The molecule has 1 N–H and O–H groups in total. The Balaban J connectivity index is 2.14. The molecule has 0 spiro atoms. The normalized spacial score (nSPS) is 20.6. The molecular formula is C12H17BrN2OS. The van der Waals surface area contributed by atoms with Crippen molar-refractivity contribution in [3.63, 3.8) is 0 Å². The summed E-state index contributed by atoms with van der Waals surface area (Å²) >= 11 is 4.95. The van der Waals surface area contributed by atoms with Crippen molar-refractivity contribution in [1.29, 1.82) is 0 Å². The fraction of sp³-hybridized carbons (Fsp3) is 0.583. The van der Waals surface area contributed by atoms with Crippen molar-refractivity contribution >= 4 is 33.2 Å². The number of amides is 1. The van der Waals surface area contributed by atoms with E-state index in [1.807, 2.05) is 23.4 Å². The van der Waals surface area contributed by atoms with Gasteiger partial charge in [0, 0.05) is 23.6 Å². The summed E-state index contributed by atoms with van der Waals surface area (Å²) in [5, 5.41) is 5.13. The molecule has 1 fully saturated rings. The van der Waals surface area contributed by atoms with Crippen molar-refractivity contribution in [2.75, 3.05) is 20.1 Å². The Kier molecular flexibility index (Phi) is 4.59. The van der Waals surface area contributed by atoms with Gasteiger partial charge in [-0.25, -0.2) is 0 Å². The number of nitrogens with zero attached hydrogens (tertiary/aromatic N) is 1. The van der Waals surface area contributed by atoms with Gasteiger partial charge in [0.25, 0.3) is 5.91 Å². The number of likely N-dealkylation sites (N-methyl/N-ethyl adjacent to an activating group) is 1. The van der Waals surface area contributed by atoms with Gasteiger partial charge in [-0.05, 0) is 53.7 Å². The number of thiophene rings is 1. The summed E-state index contributed by atoms with van der Waals surface area (Å²) in [5.74, 6) is 0.173. The smallest absolute Gasteiger partial charge is 0.265 e. The number of hydrogen-bond acceptors (Lipinski definition) is 3. The highest BCUT2D eigenvalue weighted by atomic mass is 79.9. The first-order chi connectivity index (χ1) is 8.24. The molecule has 1 saturated heterocycles. The van der Waals surface area contributed by atoms with Crippen molar-refractivity contribution in [3.8, 4) is 0 Å². The molecule has 1 atom stereocenters. The van der Waals surface area contributed by atoms with Gasteiger partial charge in [-0.3, -0.25) is 4.79 Å². The molecule has 0 saturated carbocycles. The molecule has 1 aromatic rings. The SMILES string of the molecule is CNCC1CCCCN1C(=O)c1sccc1Br. The van der Waals surface area contributed by atoms with E-state index in [1.54, 1.807) is 0 Å². The van der Waals surface area contributed by atoms with Gasteiger partial charge in [0.05, 0.1) is 0 Å². The van der Waals surface area contributed by atoms with E-state index in [2.05, 4.69) is 21.2 Å². The second-order valence-corrected chi connectivity index (χ2v) is 6.07. The van der Waals surface area contributed by atoms with Crippen LogP contribution in [0.5, 0.6) is 0 Å². The number of rotatable bonds is 3. The average molecular weight is 317 g/mol. The van der Waals surface area contributed by atoms with Crippen LogP contribution in [0.1, 0.15) is 28.9 Å². The minimum atomic E-state index is 0.173. The van der Waals surface area contributed by atoms with E-state index in [0.29, 0.717) is 6.04 Å². The summed E-state index contributed by atoms with van der Waals surface area (Å²) in [7, 11) is 1.94. The summed E-state index contributed by atoms with van der Waals surface area (Å²) in [5.41, 5.74) is 0. The lowest BCUT2D eigenvalue weighted by molar-refractivity contribution is 0.0619. The zero-order valence-electron chi connectivity index (χ0n) is 9.91. The summed E-state index contributed by atoms with van der Waals surface area (Å²) in [6.45, 7) is 1.77. The molecular weight excluding hydrogens is 300 g/mol. The molecule has 1 amide bonds. The first-order valence-electron chi connectivity index (χ1n) is 5.92. The molecule has 0 bridgehead atoms. The Bertz CT molecular complexity index is 392. The number of halogens is 1. The second kappa shape index (κ2) is 5.98. The minimum absolute atomic E-state index is 0.173. The van der Waals surface area contributed by atoms with Crippen LogP contribution in [0.4, 0.5) is 0 Å². The van der Waals surface area contributed by atoms with Gasteiger partial charge in [-0.1, -0.05) is 0 Å². The largest absolute Gasteiger partial charge is 0.334 e. The van der Waals surface area contributed by atoms with Crippen molar-refractivity contribution in [2.24, 2.45) is 0 Å². The number of carbonyl (C=O) groups is 1. The summed E-state index contributed by atoms with van der Waals surface area (Å²) in [6.07, 6.45) is 3.45. The fourth-order valence-corrected chi connectivity index (χ4v) is 3.79. The maximum atomic E-state index is 12.4. The first kappa shape index (κ1) is 13.1. The zero-order chi connectivity index (χ0) is 12.3. The maximum absolute atomic E-state index is 12.4. The molecule has 5 heteroatoms. The van der Waals surface area contributed by atoms with Crippen molar-refractivity contribution < 1.29 is 4.79 Å². The van der Waals surface area contributed by atoms with Crippen LogP contribution >= 0.6 is 27.3 Å². The lowest BCUT2D eigenvalue weighted by Gasteiger charge is -2.35. The minimum Gasteiger partial charge on any atom is -0.334 e. The summed E-state index contributed by atoms with van der Waals surface area (Å²) in [4.78, 5) is 15.3. The van der Waals surface area contributed by atoms with Gasteiger partial charge in [0.15, 0.2) is 0 Å². The van der Waals surface area contributed by atoms with Crippen LogP contribution < -0.4 is 5.32 Å². The van der Waals surface area contributed by atoms with E-state index in [9.17, 15) is 4.79 Å². The van der Waals surface area contributed by atoms with Crippen LogP contribution in [0, 0.1) is 0 Å². The molecule has 2 rings (SSSR count). The summed E-state index contributed by atoms with van der Waals surface area (Å²) < 4.78 is 0.918. The third-order valence-electron chi connectivity index (χ3n) is 3.14. The lowest BCUT2D eigenvalue weighted by Crippen LogP contribution is -2.47. The quantitative estimate of drug-likeness (QED) is 0.930. The summed E-state index contributed by atoms with van der Waals surface area (Å²) in [6, 6.07) is 2.28. The highest BCUT2D eigenvalue weighted by Gasteiger charge is 2.28. The molecule has 17 heavy (non-hydrogen) atoms. The highest BCUT2D eigenvalue weighted by molar-refractivity contribution is 9.10. The Morgan fingerprint density at radius 2 is 2.47 bits per heavy atom.